The number of terminal acetylenes is 1. The van der Waals surface area contributed by atoms with Crippen LogP contribution >= 0.6 is 0 Å². The highest BCUT2D eigenvalue weighted by atomic mass is 16.4. The molecule has 0 aromatic heterocycles. The molecule has 84 valence electrons. The van der Waals surface area contributed by atoms with E-state index in [0.29, 0.717) is 25.8 Å². The first kappa shape index (κ1) is 13.3. The minimum atomic E-state index is -1.03. The van der Waals surface area contributed by atoms with Crippen LogP contribution < -0.4 is 10.6 Å². The highest BCUT2D eigenvalue weighted by Gasteiger charge is 2.16. The molecule has 0 unspecified atom stereocenters. The molecule has 5 nitrogen and oxygen atoms in total. The first-order chi connectivity index (χ1) is 7.11. The van der Waals surface area contributed by atoms with Gasteiger partial charge in [0.25, 0.3) is 0 Å². The summed E-state index contributed by atoms with van der Waals surface area (Å²) in [4.78, 5) is 21.7. The minimum Gasteiger partial charge on any atom is -0.480 e. The fourth-order valence-electron chi connectivity index (χ4n) is 0.940. The zero-order valence-corrected chi connectivity index (χ0v) is 8.75. The molecule has 0 aliphatic carbocycles. The normalized spacial score (nSPS) is 11.2. The topological polar surface area (TPSA) is 78.4 Å². The van der Waals surface area contributed by atoms with Gasteiger partial charge in [-0.05, 0) is 12.8 Å². The van der Waals surface area contributed by atoms with Crippen molar-refractivity contribution in [3.05, 3.63) is 0 Å². The van der Waals surface area contributed by atoms with Crippen LogP contribution in [0.4, 0.5) is 4.79 Å². The van der Waals surface area contributed by atoms with Crippen LogP contribution in [0.2, 0.25) is 0 Å². The lowest BCUT2D eigenvalue weighted by Crippen LogP contribution is -2.45. The molecule has 15 heavy (non-hydrogen) atoms. The second-order valence-electron chi connectivity index (χ2n) is 3.01. The molecule has 0 radical (unpaired) electrons. The van der Waals surface area contributed by atoms with Gasteiger partial charge < -0.3 is 15.7 Å². The lowest BCUT2D eigenvalue weighted by atomic mass is 10.2. The van der Waals surface area contributed by atoms with E-state index in [1.165, 1.54) is 0 Å². The van der Waals surface area contributed by atoms with Gasteiger partial charge in [-0.3, -0.25) is 0 Å². The Hall–Kier alpha value is -1.70. The van der Waals surface area contributed by atoms with E-state index in [1.54, 1.807) is 6.92 Å². The third-order valence-corrected chi connectivity index (χ3v) is 1.80. The monoisotopic (exact) mass is 212 g/mol. The van der Waals surface area contributed by atoms with Crippen molar-refractivity contribution in [3.63, 3.8) is 0 Å². The summed E-state index contributed by atoms with van der Waals surface area (Å²) in [6.45, 7) is 2.14. The summed E-state index contributed by atoms with van der Waals surface area (Å²) in [6.07, 6.45) is 6.67. The Bertz CT molecular complexity index is 258. The van der Waals surface area contributed by atoms with E-state index in [9.17, 15) is 9.59 Å². The van der Waals surface area contributed by atoms with E-state index >= 15 is 0 Å². The van der Waals surface area contributed by atoms with E-state index in [0.717, 1.165) is 0 Å². The average Bonchev–Trinajstić information content (AvgIpc) is 2.20. The third-order valence-electron chi connectivity index (χ3n) is 1.80. The van der Waals surface area contributed by atoms with Gasteiger partial charge in [0.2, 0.25) is 0 Å². The molecule has 0 aromatic carbocycles. The van der Waals surface area contributed by atoms with Gasteiger partial charge in [0, 0.05) is 13.0 Å². The van der Waals surface area contributed by atoms with Crippen LogP contribution in [0.5, 0.6) is 0 Å². The molecule has 0 bridgehead atoms. The summed E-state index contributed by atoms with van der Waals surface area (Å²) in [5.74, 6) is 1.41. The van der Waals surface area contributed by atoms with Gasteiger partial charge in [-0.2, -0.15) is 0 Å². The maximum atomic E-state index is 11.1. The minimum absolute atomic E-state index is 0.354. The van der Waals surface area contributed by atoms with Gasteiger partial charge >= 0.3 is 12.0 Å². The fraction of sp³-hybridized carbons (Fsp3) is 0.600. The summed E-state index contributed by atoms with van der Waals surface area (Å²) in [6, 6.07) is -1.31. The average molecular weight is 212 g/mol. The SMILES string of the molecule is C#CCCCNC(=O)N[C@H](CC)C(=O)O. The van der Waals surface area contributed by atoms with Crippen LogP contribution in [0.25, 0.3) is 0 Å². The molecule has 5 heteroatoms. The molecule has 0 heterocycles. The maximum absolute atomic E-state index is 11.1. The molecule has 0 aromatic rings. The zero-order valence-electron chi connectivity index (χ0n) is 8.75. The molecule has 0 spiro atoms. The molecular formula is C10H16N2O3. The van der Waals surface area contributed by atoms with Crippen molar-refractivity contribution in [2.75, 3.05) is 6.54 Å². The quantitative estimate of drug-likeness (QED) is 0.444. The summed E-state index contributed by atoms with van der Waals surface area (Å²) >= 11 is 0. The number of carboxylic acids is 1. The van der Waals surface area contributed by atoms with Gasteiger partial charge in [-0.25, -0.2) is 9.59 Å². The van der Waals surface area contributed by atoms with E-state index in [-0.39, 0.29) is 0 Å². The number of rotatable bonds is 6. The smallest absolute Gasteiger partial charge is 0.326 e. The third kappa shape index (κ3) is 6.38. The highest BCUT2D eigenvalue weighted by Crippen LogP contribution is 1.90. The van der Waals surface area contributed by atoms with Crippen molar-refractivity contribution in [3.8, 4) is 12.3 Å². The van der Waals surface area contributed by atoms with Crippen LogP contribution in [0.3, 0.4) is 0 Å². The Morgan fingerprint density at radius 3 is 2.67 bits per heavy atom. The number of carboxylic acid groups (broad SMARTS) is 1. The molecule has 0 saturated heterocycles. The Morgan fingerprint density at radius 2 is 2.20 bits per heavy atom. The molecular weight excluding hydrogens is 196 g/mol. The van der Waals surface area contributed by atoms with Crippen molar-refractivity contribution < 1.29 is 14.7 Å². The number of nitrogens with one attached hydrogen (secondary N) is 2. The maximum Gasteiger partial charge on any atom is 0.326 e. The largest absolute Gasteiger partial charge is 0.480 e. The number of carbonyl (C=O) groups excluding carboxylic acids is 1. The number of carbonyl (C=O) groups is 2. The summed E-state index contributed by atoms with van der Waals surface area (Å²) in [5, 5.41) is 13.5. The number of hydrogen-bond acceptors (Lipinski definition) is 2. The second-order valence-corrected chi connectivity index (χ2v) is 3.01. The van der Waals surface area contributed by atoms with Crippen LogP contribution in [0.15, 0.2) is 0 Å². The van der Waals surface area contributed by atoms with Crippen molar-refractivity contribution >= 4 is 12.0 Å². The summed E-state index contributed by atoms with van der Waals surface area (Å²) < 4.78 is 0. The first-order valence-electron chi connectivity index (χ1n) is 4.82. The van der Waals surface area contributed by atoms with Gasteiger partial charge in [0.1, 0.15) is 6.04 Å². The Labute approximate surface area is 89.2 Å². The Kier molecular flexibility index (Phi) is 6.81. The number of hydrogen-bond donors (Lipinski definition) is 3. The molecule has 0 fully saturated rings. The van der Waals surface area contributed by atoms with Crippen LogP contribution in [0.1, 0.15) is 26.2 Å². The number of unbranched alkanes of at least 4 members (excludes halogenated alkanes) is 1. The lowest BCUT2D eigenvalue weighted by molar-refractivity contribution is -0.139. The standard InChI is InChI=1S/C10H16N2O3/c1-3-5-6-7-11-10(15)12-8(4-2)9(13)14/h1,8H,4-7H2,2H3,(H,13,14)(H2,11,12,15)/t8-/m1/s1. The fourth-order valence-corrected chi connectivity index (χ4v) is 0.940. The van der Waals surface area contributed by atoms with Gasteiger partial charge in [-0.15, -0.1) is 12.3 Å². The summed E-state index contributed by atoms with van der Waals surface area (Å²) in [5.41, 5.74) is 0. The predicted molar refractivity (Wildman–Crippen MR) is 56.3 cm³/mol. The number of amides is 2. The van der Waals surface area contributed by atoms with E-state index in [1.807, 2.05) is 0 Å². The Balaban J connectivity index is 3.73. The van der Waals surface area contributed by atoms with Gasteiger partial charge in [-0.1, -0.05) is 6.92 Å². The molecule has 0 aliphatic heterocycles. The Morgan fingerprint density at radius 1 is 1.53 bits per heavy atom. The number of urea groups is 1. The van der Waals surface area contributed by atoms with Crippen LogP contribution in [-0.4, -0.2) is 29.7 Å². The molecule has 1 atom stereocenters. The first-order valence-corrected chi connectivity index (χ1v) is 4.82. The molecule has 0 rings (SSSR count). The predicted octanol–water partition coefficient (Wildman–Crippen LogP) is 0.562. The number of aliphatic carboxylic acids is 1. The van der Waals surface area contributed by atoms with E-state index in [2.05, 4.69) is 16.6 Å². The van der Waals surface area contributed by atoms with E-state index in [4.69, 9.17) is 11.5 Å². The van der Waals surface area contributed by atoms with E-state index < -0.39 is 18.0 Å². The summed E-state index contributed by atoms with van der Waals surface area (Å²) in [7, 11) is 0. The van der Waals surface area contributed by atoms with Crippen LogP contribution in [0, 0.1) is 12.3 Å². The molecule has 2 amide bonds. The molecule has 0 aliphatic rings. The van der Waals surface area contributed by atoms with Crippen molar-refractivity contribution in [2.24, 2.45) is 0 Å². The second kappa shape index (κ2) is 7.68. The van der Waals surface area contributed by atoms with Crippen molar-refractivity contribution in [2.45, 2.75) is 32.2 Å². The molecule has 3 N–H and O–H groups in total. The van der Waals surface area contributed by atoms with Crippen LogP contribution in [-0.2, 0) is 4.79 Å². The van der Waals surface area contributed by atoms with Gasteiger partial charge in [0.05, 0.1) is 0 Å². The molecule has 0 saturated carbocycles. The zero-order chi connectivity index (χ0) is 11.7. The van der Waals surface area contributed by atoms with Gasteiger partial charge in [0.15, 0.2) is 0 Å². The lowest BCUT2D eigenvalue weighted by Gasteiger charge is -2.12. The highest BCUT2D eigenvalue weighted by molar-refractivity contribution is 5.82. The van der Waals surface area contributed by atoms with Crippen molar-refractivity contribution in [1.29, 1.82) is 0 Å². The van der Waals surface area contributed by atoms with Crippen molar-refractivity contribution in [1.82, 2.24) is 10.6 Å².